The Morgan fingerprint density at radius 2 is 2.19 bits per heavy atom. The minimum Gasteiger partial charge on any atom is -0.330 e. The second-order valence-electron chi connectivity index (χ2n) is 5.84. The number of hydrogen-bond donors (Lipinski definition) is 1. The molecule has 90 valence electrons. The summed E-state index contributed by atoms with van der Waals surface area (Å²) in [6.07, 6.45) is 3.23. The lowest BCUT2D eigenvalue weighted by Crippen LogP contribution is -2.24. The van der Waals surface area contributed by atoms with E-state index in [1.54, 1.807) is 0 Å². The number of imidazole rings is 1. The Hall–Kier alpha value is -0.350. The van der Waals surface area contributed by atoms with E-state index in [-0.39, 0.29) is 11.5 Å². The molecular weight excluding hydrogens is 266 g/mol. The largest absolute Gasteiger partial charge is 0.330 e. The first kappa shape index (κ1) is 12.1. The third-order valence-electron chi connectivity index (χ3n) is 2.98. The van der Waals surface area contributed by atoms with Crippen LogP contribution in [0.25, 0.3) is 0 Å². The fourth-order valence-corrected chi connectivity index (χ4v) is 3.01. The normalized spacial score (nSPS) is 20.9. The van der Waals surface area contributed by atoms with Crippen LogP contribution in [-0.2, 0) is 13.0 Å². The molecule has 0 saturated heterocycles. The maximum Gasteiger partial charge on any atom is 0.129 e. The quantitative estimate of drug-likeness (QED) is 0.862. The van der Waals surface area contributed by atoms with E-state index >= 15 is 0 Å². The molecule has 0 saturated carbocycles. The number of hydrogen-bond acceptors (Lipinski definition) is 2. The highest BCUT2D eigenvalue weighted by molar-refractivity contribution is 9.10. The SMILES string of the molecule is CC(C)(C)Cc1nc(Br)c2n1CCCC2N. The fraction of sp³-hybridized carbons (Fsp3) is 0.750. The molecule has 0 bridgehead atoms. The summed E-state index contributed by atoms with van der Waals surface area (Å²) in [5.74, 6) is 1.17. The molecule has 0 amide bonds. The first-order valence-electron chi connectivity index (χ1n) is 5.89. The summed E-state index contributed by atoms with van der Waals surface area (Å²) in [4.78, 5) is 4.63. The van der Waals surface area contributed by atoms with E-state index in [1.165, 1.54) is 11.5 Å². The van der Waals surface area contributed by atoms with Crippen LogP contribution in [0.5, 0.6) is 0 Å². The molecule has 2 heterocycles. The molecular formula is C12H20BrN3. The average Bonchev–Trinajstić information content (AvgIpc) is 2.42. The standard InChI is InChI=1S/C12H20BrN3/c1-12(2,3)7-9-15-11(13)10-8(14)5-4-6-16(9)10/h8H,4-7,14H2,1-3H3. The van der Waals surface area contributed by atoms with Gasteiger partial charge in [-0.15, -0.1) is 0 Å². The van der Waals surface area contributed by atoms with Crippen LogP contribution < -0.4 is 5.73 Å². The van der Waals surface area contributed by atoms with Crippen LogP contribution in [0.1, 0.15) is 51.2 Å². The first-order valence-corrected chi connectivity index (χ1v) is 6.68. The summed E-state index contributed by atoms with van der Waals surface area (Å²) in [5, 5.41) is 0. The van der Waals surface area contributed by atoms with Crippen molar-refractivity contribution in [2.24, 2.45) is 11.1 Å². The molecule has 4 heteroatoms. The fourth-order valence-electron chi connectivity index (χ4n) is 2.30. The van der Waals surface area contributed by atoms with Gasteiger partial charge in [0.2, 0.25) is 0 Å². The maximum absolute atomic E-state index is 6.13. The number of nitrogens with zero attached hydrogens (tertiary/aromatic N) is 2. The Balaban J connectivity index is 2.38. The molecule has 0 radical (unpaired) electrons. The van der Waals surface area contributed by atoms with Crippen molar-refractivity contribution in [1.29, 1.82) is 0 Å². The van der Waals surface area contributed by atoms with Gasteiger partial charge in [0.1, 0.15) is 10.4 Å². The predicted octanol–water partition coefficient (Wildman–Crippen LogP) is 3.03. The highest BCUT2D eigenvalue weighted by Gasteiger charge is 2.26. The molecule has 3 nitrogen and oxygen atoms in total. The number of nitrogens with two attached hydrogens (primary N) is 1. The second-order valence-corrected chi connectivity index (χ2v) is 6.59. The number of halogens is 1. The maximum atomic E-state index is 6.13. The van der Waals surface area contributed by atoms with Crippen LogP contribution >= 0.6 is 15.9 Å². The van der Waals surface area contributed by atoms with Crippen molar-refractivity contribution in [1.82, 2.24) is 9.55 Å². The Labute approximate surface area is 106 Å². The van der Waals surface area contributed by atoms with Crippen molar-refractivity contribution in [2.45, 2.75) is 52.6 Å². The molecule has 0 spiro atoms. The molecule has 0 fully saturated rings. The highest BCUT2D eigenvalue weighted by atomic mass is 79.9. The van der Waals surface area contributed by atoms with E-state index in [0.29, 0.717) is 0 Å². The van der Waals surface area contributed by atoms with Crippen LogP contribution in [-0.4, -0.2) is 9.55 Å². The molecule has 2 rings (SSSR count). The van der Waals surface area contributed by atoms with Gasteiger partial charge < -0.3 is 10.3 Å². The van der Waals surface area contributed by atoms with Crippen molar-refractivity contribution in [3.63, 3.8) is 0 Å². The zero-order valence-corrected chi connectivity index (χ0v) is 11.8. The van der Waals surface area contributed by atoms with Crippen molar-refractivity contribution in [3.05, 3.63) is 16.1 Å². The van der Waals surface area contributed by atoms with Crippen LogP contribution in [0.15, 0.2) is 4.60 Å². The van der Waals surface area contributed by atoms with Crippen LogP contribution in [0.3, 0.4) is 0 Å². The molecule has 1 atom stereocenters. The second kappa shape index (κ2) is 4.15. The lowest BCUT2D eigenvalue weighted by molar-refractivity contribution is 0.377. The molecule has 0 aromatic carbocycles. The zero-order chi connectivity index (χ0) is 11.9. The molecule has 1 unspecified atom stereocenters. The van der Waals surface area contributed by atoms with Gasteiger partial charge in [-0.05, 0) is 34.2 Å². The lowest BCUT2D eigenvalue weighted by Gasteiger charge is -2.24. The summed E-state index contributed by atoms with van der Waals surface area (Å²) >= 11 is 3.54. The van der Waals surface area contributed by atoms with Crippen LogP contribution in [0, 0.1) is 5.41 Å². The Kier molecular flexibility index (Phi) is 3.14. The molecule has 0 aliphatic carbocycles. The Bertz CT molecular complexity index is 390. The van der Waals surface area contributed by atoms with Crippen molar-refractivity contribution in [3.8, 4) is 0 Å². The third kappa shape index (κ3) is 2.33. The molecule has 1 aliphatic heterocycles. The lowest BCUT2D eigenvalue weighted by atomic mass is 9.92. The van der Waals surface area contributed by atoms with E-state index < -0.39 is 0 Å². The van der Waals surface area contributed by atoms with Gasteiger partial charge in [-0.2, -0.15) is 0 Å². The summed E-state index contributed by atoms with van der Waals surface area (Å²) in [5.41, 5.74) is 7.59. The van der Waals surface area contributed by atoms with E-state index in [4.69, 9.17) is 5.73 Å². The van der Waals surface area contributed by atoms with Gasteiger partial charge >= 0.3 is 0 Å². The molecule has 1 aromatic rings. The monoisotopic (exact) mass is 285 g/mol. The predicted molar refractivity (Wildman–Crippen MR) is 69.2 cm³/mol. The molecule has 2 N–H and O–H groups in total. The Morgan fingerprint density at radius 3 is 2.81 bits per heavy atom. The topological polar surface area (TPSA) is 43.8 Å². The summed E-state index contributed by atoms with van der Waals surface area (Å²) < 4.78 is 3.25. The zero-order valence-electron chi connectivity index (χ0n) is 10.3. The smallest absolute Gasteiger partial charge is 0.129 e. The van der Waals surface area contributed by atoms with Gasteiger partial charge in [-0.3, -0.25) is 0 Å². The van der Waals surface area contributed by atoms with Gasteiger partial charge in [0, 0.05) is 19.0 Å². The van der Waals surface area contributed by atoms with E-state index in [2.05, 4.69) is 46.3 Å². The third-order valence-corrected chi connectivity index (χ3v) is 3.56. The summed E-state index contributed by atoms with van der Waals surface area (Å²) in [7, 11) is 0. The van der Waals surface area contributed by atoms with Crippen LogP contribution in [0.4, 0.5) is 0 Å². The van der Waals surface area contributed by atoms with Crippen molar-refractivity contribution < 1.29 is 0 Å². The first-order chi connectivity index (χ1) is 7.38. The van der Waals surface area contributed by atoms with Gasteiger partial charge in [0.15, 0.2) is 0 Å². The van der Waals surface area contributed by atoms with Gasteiger partial charge in [-0.1, -0.05) is 20.8 Å². The molecule has 1 aromatic heterocycles. The number of rotatable bonds is 1. The molecule has 1 aliphatic rings. The average molecular weight is 286 g/mol. The summed E-state index contributed by atoms with van der Waals surface area (Å²) in [6.45, 7) is 7.79. The minimum absolute atomic E-state index is 0.143. The number of aromatic nitrogens is 2. The van der Waals surface area contributed by atoms with Crippen molar-refractivity contribution >= 4 is 15.9 Å². The highest BCUT2D eigenvalue weighted by Crippen LogP contribution is 2.32. The Morgan fingerprint density at radius 1 is 1.50 bits per heavy atom. The number of fused-ring (bicyclic) bond motifs is 1. The molecule has 16 heavy (non-hydrogen) atoms. The van der Waals surface area contributed by atoms with E-state index in [0.717, 1.165) is 30.4 Å². The van der Waals surface area contributed by atoms with E-state index in [1.807, 2.05) is 0 Å². The van der Waals surface area contributed by atoms with Gasteiger partial charge in [0.25, 0.3) is 0 Å². The van der Waals surface area contributed by atoms with E-state index in [9.17, 15) is 0 Å². The van der Waals surface area contributed by atoms with Gasteiger partial charge in [-0.25, -0.2) is 4.98 Å². The van der Waals surface area contributed by atoms with Crippen molar-refractivity contribution in [2.75, 3.05) is 0 Å². The summed E-state index contributed by atoms with van der Waals surface area (Å²) in [6, 6.07) is 0.143. The van der Waals surface area contributed by atoms with Gasteiger partial charge in [0.05, 0.1) is 5.69 Å². The van der Waals surface area contributed by atoms with Crippen LogP contribution in [0.2, 0.25) is 0 Å². The minimum atomic E-state index is 0.143.